The fourth-order valence-electron chi connectivity index (χ4n) is 4.39. The van der Waals surface area contributed by atoms with Crippen LogP contribution in [0.3, 0.4) is 0 Å². The minimum atomic E-state index is -0.171. The summed E-state index contributed by atoms with van der Waals surface area (Å²) in [4.78, 5) is 34.2. The lowest BCUT2D eigenvalue weighted by molar-refractivity contribution is 0.0301. The van der Waals surface area contributed by atoms with Crippen molar-refractivity contribution < 1.29 is 14.3 Å². The standard InChI is InChI=1S/C22H22ClN5O3/c1-14-16-3-2-4-18(21(29)26-7-9-31-10-8-26)17(16)5-6-27(14)22(30)19-11-20-24-12-15(23)13-28(20)25-19/h2-4,11-14H,5-10H2,1H3. The smallest absolute Gasteiger partial charge is 0.274 e. The molecule has 2 amide bonds. The molecule has 5 rings (SSSR count). The highest BCUT2D eigenvalue weighted by Crippen LogP contribution is 2.33. The number of hydrogen-bond donors (Lipinski definition) is 0. The normalized spacial score (nSPS) is 18.8. The van der Waals surface area contributed by atoms with Gasteiger partial charge in [0, 0.05) is 37.5 Å². The SMILES string of the molecule is CC1c2cccc(C(=O)N3CCOCC3)c2CCN1C(=O)c1cc2ncc(Cl)cn2n1. The van der Waals surface area contributed by atoms with Crippen LogP contribution >= 0.6 is 11.6 Å². The molecule has 0 spiro atoms. The van der Waals surface area contributed by atoms with Crippen molar-refractivity contribution in [2.24, 2.45) is 0 Å². The summed E-state index contributed by atoms with van der Waals surface area (Å²) >= 11 is 5.98. The van der Waals surface area contributed by atoms with E-state index in [9.17, 15) is 9.59 Å². The Kier molecular flexibility index (Phi) is 5.11. The van der Waals surface area contributed by atoms with Gasteiger partial charge in [-0.3, -0.25) is 9.59 Å². The first-order valence-electron chi connectivity index (χ1n) is 10.3. The van der Waals surface area contributed by atoms with Gasteiger partial charge in [-0.05, 0) is 30.5 Å². The Morgan fingerprint density at radius 2 is 1.97 bits per heavy atom. The fourth-order valence-corrected chi connectivity index (χ4v) is 4.53. The van der Waals surface area contributed by atoms with Crippen molar-refractivity contribution in [2.75, 3.05) is 32.8 Å². The maximum atomic E-state index is 13.2. The lowest BCUT2D eigenvalue weighted by Crippen LogP contribution is -2.43. The first kappa shape index (κ1) is 20.0. The predicted molar refractivity (Wildman–Crippen MR) is 114 cm³/mol. The lowest BCUT2D eigenvalue weighted by Gasteiger charge is -2.36. The van der Waals surface area contributed by atoms with E-state index in [4.69, 9.17) is 16.3 Å². The van der Waals surface area contributed by atoms with Crippen molar-refractivity contribution in [1.29, 1.82) is 0 Å². The zero-order chi connectivity index (χ0) is 21.5. The topological polar surface area (TPSA) is 80.0 Å². The van der Waals surface area contributed by atoms with Crippen molar-refractivity contribution in [2.45, 2.75) is 19.4 Å². The van der Waals surface area contributed by atoms with Crippen molar-refractivity contribution >= 4 is 29.1 Å². The molecular formula is C22H22ClN5O3. The van der Waals surface area contributed by atoms with E-state index in [-0.39, 0.29) is 17.9 Å². The number of carbonyl (C=O) groups excluding carboxylic acids is 2. The molecule has 31 heavy (non-hydrogen) atoms. The molecule has 2 aliphatic rings. The van der Waals surface area contributed by atoms with Crippen LogP contribution in [0.5, 0.6) is 0 Å². The van der Waals surface area contributed by atoms with Crippen LogP contribution in [-0.2, 0) is 11.2 Å². The van der Waals surface area contributed by atoms with Gasteiger partial charge in [-0.1, -0.05) is 23.7 Å². The Morgan fingerprint density at radius 3 is 2.77 bits per heavy atom. The van der Waals surface area contributed by atoms with Crippen LogP contribution in [0.2, 0.25) is 5.02 Å². The van der Waals surface area contributed by atoms with Crippen molar-refractivity contribution in [1.82, 2.24) is 24.4 Å². The molecule has 1 fully saturated rings. The lowest BCUT2D eigenvalue weighted by atomic mass is 9.89. The monoisotopic (exact) mass is 439 g/mol. The minimum absolute atomic E-state index is 0.0374. The Balaban J connectivity index is 1.42. The summed E-state index contributed by atoms with van der Waals surface area (Å²) in [5, 5.41) is 4.80. The van der Waals surface area contributed by atoms with Crippen molar-refractivity contribution in [3.05, 3.63) is 64.1 Å². The van der Waals surface area contributed by atoms with Gasteiger partial charge in [0.2, 0.25) is 0 Å². The molecule has 0 N–H and O–H groups in total. The van der Waals surface area contributed by atoms with Crippen LogP contribution in [0.4, 0.5) is 0 Å². The molecule has 9 heteroatoms. The average molecular weight is 440 g/mol. The third kappa shape index (κ3) is 3.55. The van der Waals surface area contributed by atoms with E-state index in [2.05, 4.69) is 10.1 Å². The Hall–Kier alpha value is -2.97. The van der Waals surface area contributed by atoms with Gasteiger partial charge >= 0.3 is 0 Å². The van der Waals surface area contributed by atoms with Gasteiger partial charge in [0.05, 0.1) is 30.5 Å². The van der Waals surface area contributed by atoms with Crippen LogP contribution in [0.25, 0.3) is 5.65 Å². The molecule has 1 saturated heterocycles. The van der Waals surface area contributed by atoms with E-state index < -0.39 is 0 Å². The molecule has 2 aromatic heterocycles. The Morgan fingerprint density at radius 1 is 1.16 bits per heavy atom. The van der Waals surface area contributed by atoms with Gasteiger partial charge in [0.1, 0.15) is 0 Å². The zero-order valence-electron chi connectivity index (χ0n) is 17.1. The number of nitrogens with zero attached hydrogens (tertiary/aromatic N) is 5. The highest BCUT2D eigenvalue weighted by Gasteiger charge is 2.32. The van der Waals surface area contributed by atoms with Gasteiger partial charge in [-0.25, -0.2) is 9.50 Å². The quantitative estimate of drug-likeness (QED) is 0.613. The molecule has 2 aliphatic heterocycles. The number of carbonyl (C=O) groups is 2. The Bertz CT molecular complexity index is 1170. The number of halogens is 1. The molecule has 1 atom stereocenters. The van der Waals surface area contributed by atoms with E-state index in [1.165, 1.54) is 10.7 Å². The van der Waals surface area contributed by atoms with Crippen LogP contribution in [-0.4, -0.2) is 69.1 Å². The second-order valence-corrected chi connectivity index (χ2v) is 8.24. The molecule has 1 unspecified atom stereocenters. The zero-order valence-corrected chi connectivity index (χ0v) is 17.9. The number of amides is 2. The molecule has 0 aliphatic carbocycles. The minimum Gasteiger partial charge on any atom is -0.378 e. The summed E-state index contributed by atoms with van der Waals surface area (Å²) in [6.07, 6.45) is 3.77. The molecule has 1 aromatic carbocycles. The van der Waals surface area contributed by atoms with Crippen molar-refractivity contribution in [3.8, 4) is 0 Å². The summed E-state index contributed by atoms with van der Waals surface area (Å²) in [7, 11) is 0. The second-order valence-electron chi connectivity index (χ2n) is 7.81. The summed E-state index contributed by atoms with van der Waals surface area (Å²) in [5.41, 5.74) is 3.65. The van der Waals surface area contributed by atoms with E-state index in [1.54, 1.807) is 17.2 Å². The number of aromatic nitrogens is 3. The van der Waals surface area contributed by atoms with Gasteiger partial charge in [0.15, 0.2) is 11.3 Å². The van der Waals surface area contributed by atoms with E-state index in [0.717, 1.165) is 16.7 Å². The molecule has 4 heterocycles. The number of rotatable bonds is 2. The van der Waals surface area contributed by atoms with Crippen LogP contribution in [0, 0.1) is 0 Å². The van der Waals surface area contributed by atoms with Crippen LogP contribution < -0.4 is 0 Å². The number of hydrogen-bond acceptors (Lipinski definition) is 5. The fraction of sp³-hybridized carbons (Fsp3) is 0.364. The maximum absolute atomic E-state index is 13.2. The number of benzene rings is 1. The first-order chi connectivity index (χ1) is 15.0. The maximum Gasteiger partial charge on any atom is 0.274 e. The van der Waals surface area contributed by atoms with Gasteiger partial charge in [0.25, 0.3) is 11.8 Å². The predicted octanol–water partition coefficient (Wildman–Crippen LogP) is 2.61. The first-order valence-corrected chi connectivity index (χ1v) is 10.7. The van der Waals surface area contributed by atoms with E-state index >= 15 is 0 Å². The molecule has 0 bridgehead atoms. The van der Waals surface area contributed by atoms with Crippen molar-refractivity contribution in [3.63, 3.8) is 0 Å². The third-order valence-corrected chi connectivity index (χ3v) is 6.22. The number of fused-ring (bicyclic) bond motifs is 2. The summed E-state index contributed by atoms with van der Waals surface area (Å²) in [6.45, 7) is 4.85. The number of ether oxygens (including phenoxy) is 1. The average Bonchev–Trinajstić information content (AvgIpc) is 3.22. The summed E-state index contributed by atoms with van der Waals surface area (Å²) in [5.74, 6) is -0.125. The van der Waals surface area contributed by atoms with Gasteiger partial charge in [-0.15, -0.1) is 0 Å². The second kappa shape index (κ2) is 7.94. The number of morpholine rings is 1. The molecule has 0 saturated carbocycles. The molecule has 0 radical (unpaired) electrons. The summed E-state index contributed by atoms with van der Waals surface area (Å²) < 4.78 is 6.88. The van der Waals surface area contributed by atoms with E-state index in [1.807, 2.05) is 30.0 Å². The third-order valence-electron chi connectivity index (χ3n) is 6.02. The van der Waals surface area contributed by atoms with Gasteiger partial charge in [-0.2, -0.15) is 5.10 Å². The summed E-state index contributed by atoms with van der Waals surface area (Å²) in [6, 6.07) is 7.28. The Labute approximate surface area is 184 Å². The molecular weight excluding hydrogens is 418 g/mol. The van der Waals surface area contributed by atoms with E-state index in [0.29, 0.717) is 55.6 Å². The molecule has 8 nitrogen and oxygen atoms in total. The van der Waals surface area contributed by atoms with Crippen LogP contribution in [0.1, 0.15) is 44.9 Å². The highest BCUT2D eigenvalue weighted by molar-refractivity contribution is 6.30. The largest absolute Gasteiger partial charge is 0.378 e. The molecule has 3 aromatic rings. The van der Waals surface area contributed by atoms with Crippen LogP contribution in [0.15, 0.2) is 36.7 Å². The highest BCUT2D eigenvalue weighted by atomic mass is 35.5. The van der Waals surface area contributed by atoms with Gasteiger partial charge < -0.3 is 14.5 Å². The molecule has 160 valence electrons.